The Bertz CT molecular complexity index is 503. The second-order valence-corrected chi connectivity index (χ2v) is 5.51. The summed E-state index contributed by atoms with van der Waals surface area (Å²) in [5.74, 6) is 0.0405. The summed E-state index contributed by atoms with van der Waals surface area (Å²) in [5.41, 5.74) is 0.177. The maximum absolute atomic E-state index is 9.58. The Morgan fingerprint density at radius 3 is 2.17 bits per heavy atom. The van der Waals surface area contributed by atoms with Gasteiger partial charge in [0.05, 0.1) is 22.8 Å². The standard InChI is InChI=1S/C13H16BNO3/c1-12(2)13(3,4)18-14(17-12)10-5-9(8-15)6-11(16)7-10/h5-7,16H,1-4H3. The minimum Gasteiger partial charge on any atom is -0.508 e. The van der Waals surface area contributed by atoms with E-state index in [0.717, 1.165) is 0 Å². The van der Waals surface area contributed by atoms with Crippen LogP contribution in [0, 0.1) is 11.3 Å². The zero-order valence-corrected chi connectivity index (χ0v) is 11.0. The molecule has 1 N–H and O–H groups in total. The highest BCUT2D eigenvalue weighted by atomic mass is 16.7. The molecule has 0 atom stereocenters. The van der Waals surface area contributed by atoms with Crippen LogP contribution in [0.25, 0.3) is 0 Å². The van der Waals surface area contributed by atoms with Crippen molar-refractivity contribution in [2.75, 3.05) is 0 Å². The van der Waals surface area contributed by atoms with Gasteiger partial charge in [-0.15, -0.1) is 0 Å². The molecule has 0 amide bonds. The Morgan fingerprint density at radius 1 is 1.11 bits per heavy atom. The Balaban J connectivity index is 2.36. The van der Waals surface area contributed by atoms with E-state index in [1.54, 1.807) is 12.1 Å². The van der Waals surface area contributed by atoms with Crippen molar-refractivity contribution >= 4 is 12.6 Å². The maximum Gasteiger partial charge on any atom is 0.495 e. The summed E-state index contributed by atoms with van der Waals surface area (Å²) in [6.45, 7) is 7.84. The molecule has 1 saturated heterocycles. The van der Waals surface area contributed by atoms with Crippen molar-refractivity contribution < 1.29 is 14.4 Å². The first-order valence-electron chi connectivity index (χ1n) is 5.85. The minimum atomic E-state index is -0.561. The van der Waals surface area contributed by atoms with E-state index in [9.17, 15) is 5.11 Å². The molecular formula is C13H16BNO3. The Kier molecular flexibility index (Phi) is 2.88. The minimum absolute atomic E-state index is 0.0405. The summed E-state index contributed by atoms with van der Waals surface area (Å²) in [4.78, 5) is 0. The van der Waals surface area contributed by atoms with Crippen LogP contribution in [0.5, 0.6) is 5.75 Å². The number of phenols is 1. The van der Waals surface area contributed by atoms with E-state index >= 15 is 0 Å². The fourth-order valence-electron chi connectivity index (χ4n) is 1.81. The zero-order valence-electron chi connectivity index (χ0n) is 11.0. The van der Waals surface area contributed by atoms with Crippen LogP contribution in [-0.2, 0) is 9.31 Å². The van der Waals surface area contributed by atoms with Gasteiger partial charge in [-0.2, -0.15) is 5.26 Å². The number of aromatic hydroxyl groups is 1. The van der Waals surface area contributed by atoms with E-state index in [2.05, 4.69) is 0 Å². The molecule has 0 aliphatic carbocycles. The van der Waals surface area contributed by atoms with Crippen molar-refractivity contribution in [1.82, 2.24) is 0 Å². The number of hydrogen-bond donors (Lipinski definition) is 1. The fraction of sp³-hybridized carbons (Fsp3) is 0.462. The van der Waals surface area contributed by atoms with E-state index in [1.807, 2.05) is 33.8 Å². The third-order valence-corrected chi connectivity index (χ3v) is 3.59. The number of hydrogen-bond acceptors (Lipinski definition) is 4. The summed E-state index contributed by atoms with van der Waals surface area (Å²) in [5, 5.41) is 18.5. The van der Waals surface area contributed by atoms with Gasteiger partial charge in [0.15, 0.2) is 0 Å². The van der Waals surface area contributed by atoms with Gasteiger partial charge in [0, 0.05) is 0 Å². The smallest absolute Gasteiger partial charge is 0.495 e. The van der Waals surface area contributed by atoms with Crippen LogP contribution in [0.1, 0.15) is 33.3 Å². The van der Waals surface area contributed by atoms with Crippen LogP contribution in [0.3, 0.4) is 0 Å². The highest BCUT2D eigenvalue weighted by Gasteiger charge is 2.51. The molecule has 0 unspecified atom stereocenters. The summed E-state index contributed by atoms with van der Waals surface area (Å²) in [6, 6.07) is 6.64. The Hall–Kier alpha value is -1.51. The molecule has 18 heavy (non-hydrogen) atoms. The highest BCUT2D eigenvalue weighted by molar-refractivity contribution is 6.62. The average molecular weight is 245 g/mol. The second kappa shape index (κ2) is 4.01. The lowest BCUT2D eigenvalue weighted by Gasteiger charge is -2.32. The summed E-state index contributed by atoms with van der Waals surface area (Å²) >= 11 is 0. The van der Waals surface area contributed by atoms with Crippen LogP contribution >= 0.6 is 0 Å². The van der Waals surface area contributed by atoms with E-state index in [0.29, 0.717) is 11.0 Å². The Labute approximate surface area is 107 Å². The normalized spacial score (nSPS) is 20.7. The van der Waals surface area contributed by atoms with Gasteiger partial charge in [-0.25, -0.2) is 0 Å². The third kappa shape index (κ3) is 2.10. The molecule has 1 fully saturated rings. The van der Waals surface area contributed by atoms with Gasteiger partial charge in [0.2, 0.25) is 0 Å². The van der Waals surface area contributed by atoms with Gasteiger partial charge < -0.3 is 14.4 Å². The number of phenolic OH excluding ortho intramolecular Hbond substituents is 1. The van der Waals surface area contributed by atoms with E-state index in [-0.39, 0.29) is 5.75 Å². The number of rotatable bonds is 1. The average Bonchev–Trinajstić information content (AvgIpc) is 2.47. The van der Waals surface area contributed by atoms with Crippen molar-refractivity contribution in [2.24, 2.45) is 0 Å². The molecule has 0 saturated carbocycles. The molecule has 5 heteroatoms. The van der Waals surface area contributed by atoms with E-state index in [4.69, 9.17) is 14.6 Å². The van der Waals surface area contributed by atoms with Gasteiger partial charge in [-0.1, -0.05) is 0 Å². The van der Waals surface area contributed by atoms with Gasteiger partial charge in [0.25, 0.3) is 0 Å². The molecule has 4 nitrogen and oxygen atoms in total. The molecule has 0 spiro atoms. The molecular weight excluding hydrogens is 229 g/mol. The second-order valence-electron chi connectivity index (χ2n) is 5.51. The first kappa shape index (κ1) is 12.9. The predicted molar refractivity (Wildman–Crippen MR) is 68.5 cm³/mol. The van der Waals surface area contributed by atoms with E-state index < -0.39 is 18.3 Å². The van der Waals surface area contributed by atoms with Gasteiger partial charge in [-0.3, -0.25) is 0 Å². The molecule has 0 radical (unpaired) electrons. The molecule has 94 valence electrons. The van der Waals surface area contributed by atoms with Crippen LogP contribution in [-0.4, -0.2) is 23.4 Å². The summed E-state index contributed by atoms with van der Waals surface area (Å²) < 4.78 is 11.7. The predicted octanol–water partition coefficient (Wildman–Crippen LogP) is 1.56. The van der Waals surface area contributed by atoms with Crippen LogP contribution < -0.4 is 5.46 Å². The number of nitrogens with zero attached hydrogens (tertiary/aromatic N) is 1. The fourth-order valence-corrected chi connectivity index (χ4v) is 1.81. The van der Waals surface area contributed by atoms with Crippen molar-refractivity contribution in [1.29, 1.82) is 5.26 Å². The lowest BCUT2D eigenvalue weighted by atomic mass is 9.78. The molecule has 1 aliphatic heterocycles. The van der Waals surface area contributed by atoms with Crippen molar-refractivity contribution in [2.45, 2.75) is 38.9 Å². The largest absolute Gasteiger partial charge is 0.508 e. The van der Waals surface area contributed by atoms with E-state index in [1.165, 1.54) is 6.07 Å². The SMILES string of the molecule is CC1(C)OB(c2cc(O)cc(C#N)c2)OC1(C)C. The van der Waals surface area contributed by atoms with Crippen LogP contribution in [0.15, 0.2) is 18.2 Å². The topological polar surface area (TPSA) is 62.5 Å². The Morgan fingerprint density at radius 2 is 1.67 bits per heavy atom. The van der Waals surface area contributed by atoms with Crippen molar-refractivity contribution in [3.05, 3.63) is 23.8 Å². The lowest BCUT2D eigenvalue weighted by Crippen LogP contribution is -2.41. The molecule has 2 rings (SSSR count). The monoisotopic (exact) mass is 245 g/mol. The van der Waals surface area contributed by atoms with Crippen LogP contribution in [0.4, 0.5) is 0 Å². The van der Waals surface area contributed by atoms with Crippen molar-refractivity contribution in [3.8, 4) is 11.8 Å². The molecule has 1 aromatic carbocycles. The first-order valence-corrected chi connectivity index (χ1v) is 5.85. The molecule has 0 bridgehead atoms. The number of nitriles is 1. The molecule has 0 aromatic heterocycles. The zero-order chi connectivity index (χ0) is 13.6. The quantitative estimate of drug-likeness (QED) is 0.762. The molecule has 1 aliphatic rings. The van der Waals surface area contributed by atoms with Crippen molar-refractivity contribution in [3.63, 3.8) is 0 Å². The lowest BCUT2D eigenvalue weighted by molar-refractivity contribution is 0.00578. The highest BCUT2D eigenvalue weighted by Crippen LogP contribution is 2.36. The van der Waals surface area contributed by atoms with Gasteiger partial charge >= 0.3 is 7.12 Å². The molecule has 1 aromatic rings. The maximum atomic E-state index is 9.58. The molecule has 1 heterocycles. The first-order chi connectivity index (χ1) is 8.25. The van der Waals surface area contributed by atoms with Gasteiger partial charge in [-0.05, 0) is 51.4 Å². The van der Waals surface area contributed by atoms with Gasteiger partial charge in [0.1, 0.15) is 5.75 Å². The summed E-state index contributed by atoms with van der Waals surface area (Å²) in [6.07, 6.45) is 0. The summed E-state index contributed by atoms with van der Waals surface area (Å²) in [7, 11) is -0.561. The van der Waals surface area contributed by atoms with Crippen LogP contribution in [0.2, 0.25) is 0 Å². The third-order valence-electron chi connectivity index (χ3n) is 3.59. The number of benzene rings is 1.